The van der Waals surface area contributed by atoms with Gasteiger partial charge >= 0.3 is 0 Å². The van der Waals surface area contributed by atoms with E-state index in [1.807, 2.05) is 25.4 Å². The molecule has 1 aliphatic rings. The molecule has 84 valence electrons. The third-order valence-electron chi connectivity index (χ3n) is 2.20. The quantitative estimate of drug-likeness (QED) is 0.845. The van der Waals surface area contributed by atoms with Crippen molar-refractivity contribution in [3.8, 4) is 0 Å². The van der Waals surface area contributed by atoms with Crippen molar-refractivity contribution in [2.24, 2.45) is 0 Å². The molecule has 0 amide bonds. The van der Waals surface area contributed by atoms with E-state index in [0.717, 1.165) is 18.1 Å². The molecule has 4 nitrogen and oxygen atoms in total. The number of aromatic nitrogens is 1. The second-order valence-corrected chi connectivity index (χ2v) is 4.99. The van der Waals surface area contributed by atoms with Crippen LogP contribution >= 0.6 is 11.3 Å². The minimum atomic E-state index is -0.423. The van der Waals surface area contributed by atoms with Crippen molar-refractivity contribution in [2.75, 3.05) is 13.2 Å². The van der Waals surface area contributed by atoms with Gasteiger partial charge in [0.2, 0.25) is 0 Å². The summed E-state index contributed by atoms with van der Waals surface area (Å²) in [5.74, 6) is -0.423. The molecule has 0 spiro atoms. The molecule has 0 saturated carbocycles. The zero-order valence-corrected chi connectivity index (χ0v) is 9.84. The first-order valence-corrected chi connectivity index (χ1v) is 5.94. The van der Waals surface area contributed by atoms with E-state index < -0.39 is 5.79 Å². The third-order valence-corrected chi connectivity index (χ3v) is 2.98. The molecule has 0 aliphatic carbocycles. The smallest absolute Gasteiger partial charge is 0.163 e. The Labute approximate surface area is 93.6 Å². The second-order valence-electron chi connectivity index (χ2n) is 4.01. The van der Waals surface area contributed by atoms with Crippen molar-refractivity contribution >= 4 is 11.3 Å². The van der Waals surface area contributed by atoms with Crippen molar-refractivity contribution in [1.82, 2.24) is 10.3 Å². The molecular formula is C10H16N2O2S. The Hall–Kier alpha value is -0.490. The van der Waals surface area contributed by atoms with Gasteiger partial charge < -0.3 is 14.8 Å². The van der Waals surface area contributed by atoms with Crippen molar-refractivity contribution in [3.63, 3.8) is 0 Å². The van der Waals surface area contributed by atoms with Gasteiger partial charge in [-0.1, -0.05) is 0 Å². The van der Waals surface area contributed by atoms with E-state index in [2.05, 4.69) is 10.3 Å². The number of nitrogens with one attached hydrogen (secondary N) is 1. The number of ether oxygens (including phenoxy) is 2. The van der Waals surface area contributed by atoms with E-state index in [4.69, 9.17) is 9.47 Å². The Kier molecular flexibility index (Phi) is 3.35. The fourth-order valence-corrected chi connectivity index (χ4v) is 2.13. The van der Waals surface area contributed by atoms with Crippen LogP contribution in [0.15, 0.2) is 11.6 Å². The monoisotopic (exact) mass is 228 g/mol. The van der Waals surface area contributed by atoms with Gasteiger partial charge in [0.15, 0.2) is 5.79 Å². The highest BCUT2D eigenvalue weighted by atomic mass is 32.1. The first-order valence-electron chi connectivity index (χ1n) is 5.06. The molecule has 2 heterocycles. The molecular weight excluding hydrogens is 212 g/mol. The first kappa shape index (κ1) is 11.0. The molecule has 0 radical (unpaired) electrons. The molecule has 1 saturated heterocycles. The maximum absolute atomic E-state index is 5.67. The Morgan fingerprint density at radius 3 is 3.13 bits per heavy atom. The van der Waals surface area contributed by atoms with Crippen LogP contribution in [0.25, 0.3) is 0 Å². The number of nitrogens with zero attached hydrogens (tertiary/aromatic N) is 1. The Morgan fingerprint density at radius 1 is 1.67 bits per heavy atom. The fourth-order valence-electron chi connectivity index (χ4n) is 1.54. The lowest BCUT2D eigenvalue weighted by Crippen LogP contribution is -2.30. The molecule has 1 atom stereocenters. The predicted octanol–water partition coefficient (Wildman–Crippen LogP) is 1.38. The molecule has 1 aromatic heterocycles. The summed E-state index contributed by atoms with van der Waals surface area (Å²) in [6.07, 6.45) is 1.97. The SMILES string of the molecule is CC1(C)OCC(CNCc2nccs2)O1. The van der Waals surface area contributed by atoms with Crippen LogP contribution in [-0.2, 0) is 16.0 Å². The molecule has 0 bridgehead atoms. The van der Waals surface area contributed by atoms with Crippen molar-refractivity contribution in [3.05, 3.63) is 16.6 Å². The first-order chi connectivity index (χ1) is 7.16. The molecule has 1 N–H and O–H groups in total. The molecule has 15 heavy (non-hydrogen) atoms. The fraction of sp³-hybridized carbons (Fsp3) is 0.700. The molecule has 1 aliphatic heterocycles. The lowest BCUT2D eigenvalue weighted by Gasteiger charge is -2.17. The van der Waals surface area contributed by atoms with Crippen LogP contribution in [0.4, 0.5) is 0 Å². The molecule has 1 aromatic rings. The van der Waals surface area contributed by atoms with E-state index in [1.54, 1.807) is 11.3 Å². The van der Waals surface area contributed by atoms with Crippen LogP contribution in [0.5, 0.6) is 0 Å². The van der Waals surface area contributed by atoms with E-state index in [9.17, 15) is 0 Å². The van der Waals surface area contributed by atoms with E-state index in [1.165, 1.54) is 0 Å². The molecule has 0 aromatic carbocycles. The Morgan fingerprint density at radius 2 is 2.53 bits per heavy atom. The van der Waals surface area contributed by atoms with Crippen LogP contribution in [0.3, 0.4) is 0 Å². The maximum Gasteiger partial charge on any atom is 0.163 e. The largest absolute Gasteiger partial charge is 0.348 e. The molecule has 5 heteroatoms. The topological polar surface area (TPSA) is 43.4 Å². The number of hydrogen-bond donors (Lipinski definition) is 1. The highest BCUT2D eigenvalue weighted by Gasteiger charge is 2.32. The average molecular weight is 228 g/mol. The van der Waals surface area contributed by atoms with Gasteiger partial charge in [0.1, 0.15) is 5.01 Å². The van der Waals surface area contributed by atoms with Gasteiger partial charge in [-0.25, -0.2) is 4.98 Å². The van der Waals surface area contributed by atoms with Crippen molar-refractivity contribution in [2.45, 2.75) is 32.3 Å². The zero-order valence-electron chi connectivity index (χ0n) is 9.03. The summed E-state index contributed by atoms with van der Waals surface area (Å²) >= 11 is 1.66. The van der Waals surface area contributed by atoms with E-state index in [-0.39, 0.29) is 6.10 Å². The van der Waals surface area contributed by atoms with Gasteiger partial charge in [0.05, 0.1) is 12.7 Å². The van der Waals surface area contributed by atoms with Crippen molar-refractivity contribution < 1.29 is 9.47 Å². The lowest BCUT2D eigenvalue weighted by molar-refractivity contribution is -0.137. The summed E-state index contributed by atoms with van der Waals surface area (Å²) in [7, 11) is 0. The summed E-state index contributed by atoms with van der Waals surface area (Å²) in [4.78, 5) is 4.19. The Bertz CT molecular complexity index is 300. The zero-order chi connectivity index (χ0) is 10.7. The minimum absolute atomic E-state index is 0.153. The molecule has 1 unspecified atom stereocenters. The van der Waals surface area contributed by atoms with E-state index in [0.29, 0.717) is 6.61 Å². The number of thiazole rings is 1. The number of hydrogen-bond acceptors (Lipinski definition) is 5. The van der Waals surface area contributed by atoms with Gasteiger partial charge in [-0.2, -0.15) is 0 Å². The lowest BCUT2D eigenvalue weighted by atomic mass is 10.3. The highest BCUT2D eigenvalue weighted by Crippen LogP contribution is 2.21. The van der Waals surface area contributed by atoms with E-state index >= 15 is 0 Å². The third kappa shape index (κ3) is 3.24. The second kappa shape index (κ2) is 4.57. The maximum atomic E-state index is 5.67. The van der Waals surface area contributed by atoms with Crippen LogP contribution in [0.1, 0.15) is 18.9 Å². The van der Waals surface area contributed by atoms with Crippen molar-refractivity contribution in [1.29, 1.82) is 0 Å². The van der Waals surface area contributed by atoms with Crippen LogP contribution in [0, 0.1) is 0 Å². The minimum Gasteiger partial charge on any atom is -0.348 e. The van der Waals surface area contributed by atoms with Gasteiger partial charge in [-0.15, -0.1) is 11.3 Å². The van der Waals surface area contributed by atoms with Gasteiger partial charge in [-0.05, 0) is 13.8 Å². The van der Waals surface area contributed by atoms with Gasteiger partial charge in [-0.3, -0.25) is 0 Å². The van der Waals surface area contributed by atoms with Gasteiger partial charge in [0.25, 0.3) is 0 Å². The van der Waals surface area contributed by atoms with Crippen LogP contribution < -0.4 is 5.32 Å². The predicted molar refractivity (Wildman–Crippen MR) is 58.7 cm³/mol. The highest BCUT2D eigenvalue weighted by molar-refractivity contribution is 7.09. The standard InChI is InChI=1S/C10H16N2O2S/c1-10(2)13-7-8(14-10)5-11-6-9-12-3-4-15-9/h3-4,8,11H,5-7H2,1-2H3. The molecule has 1 fully saturated rings. The summed E-state index contributed by atoms with van der Waals surface area (Å²) in [5, 5.41) is 6.40. The average Bonchev–Trinajstić information content (AvgIpc) is 2.76. The molecule has 2 rings (SSSR count). The Balaban J connectivity index is 1.67. The summed E-state index contributed by atoms with van der Waals surface area (Å²) in [5.41, 5.74) is 0. The number of rotatable bonds is 4. The van der Waals surface area contributed by atoms with Gasteiger partial charge in [0, 0.05) is 24.7 Å². The summed E-state index contributed by atoms with van der Waals surface area (Å²) in [6.45, 7) is 6.15. The van der Waals surface area contributed by atoms with Crippen LogP contribution in [-0.4, -0.2) is 30.0 Å². The normalized spacial score (nSPS) is 24.5. The summed E-state index contributed by atoms with van der Waals surface area (Å²) < 4.78 is 11.1. The summed E-state index contributed by atoms with van der Waals surface area (Å²) in [6, 6.07) is 0. The van der Waals surface area contributed by atoms with Crippen LogP contribution in [0.2, 0.25) is 0 Å².